The fourth-order valence-electron chi connectivity index (χ4n) is 4.22. The predicted molar refractivity (Wildman–Crippen MR) is 117 cm³/mol. The van der Waals surface area contributed by atoms with E-state index in [-0.39, 0.29) is 11.8 Å². The summed E-state index contributed by atoms with van der Waals surface area (Å²) >= 11 is 0. The Morgan fingerprint density at radius 2 is 2.03 bits per heavy atom. The third kappa shape index (κ3) is 3.42. The quantitative estimate of drug-likeness (QED) is 0.634. The molecule has 0 radical (unpaired) electrons. The number of nitrogens with zero attached hydrogens (tertiary/aromatic N) is 4. The van der Waals surface area contributed by atoms with Gasteiger partial charge in [0.05, 0.1) is 30.8 Å². The molecule has 2 aliphatic heterocycles. The Labute approximate surface area is 184 Å². The van der Waals surface area contributed by atoms with Crippen LogP contribution >= 0.6 is 0 Å². The minimum Gasteiger partial charge on any atom is -0.477 e. The van der Waals surface area contributed by atoms with E-state index in [1.165, 1.54) is 6.20 Å². The largest absolute Gasteiger partial charge is 0.477 e. The van der Waals surface area contributed by atoms with Crippen molar-refractivity contribution >= 4 is 28.8 Å². The molecule has 2 N–H and O–H groups in total. The van der Waals surface area contributed by atoms with Gasteiger partial charge in [0.15, 0.2) is 11.2 Å². The van der Waals surface area contributed by atoms with E-state index in [0.29, 0.717) is 55.4 Å². The standard InChI is InChI=1S/C22H24N6O4/c1-22(21(30)23-2)12-14-10-16(17(11-18(14)32-22)27-6-8-31-9-7-27)26-20(29)15-13-25-28-5-3-4-24-19(15)28/h3-5,10-11,13H,6-9,12H2,1-2H3,(H,23,30)(H,26,29)/t22-/m1/s1. The van der Waals surface area contributed by atoms with Crippen molar-refractivity contribution in [1.29, 1.82) is 0 Å². The molecule has 0 saturated carbocycles. The maximum absolute atomic E-state index is 13.2. The van der Waals surface area contributed by atoms with E-state index in [9.17, 15) is 9.59 Å². The first-order valence-electron chi connectivity index (χ1n) is 10.5. The van der Waals surface area contributed by atoms with Crippen molar-refractivity contribution in [2.75, 3.05) is 43.6 Å². The van der Waals surface area contributed by atoms with Crippen molar-refractivity contribution < 1.29 is 19.1 Å². The van der Waals surface area contributed by atoms with Crippen LogP contribution < -0.4 is 20.3 Å². The molecule has 166 valence electrons. The van der Waals surface area contributed by atoms with Crippen LogP contribution in [0.2, 0.25) is 0 Å². The second kappa shape index (κ2) is 7.79. The Balaban J connectivity index is 1.51. The van der Waals surface area contributed by atoms with Gasteiger partial charge in [-0.15, -0.1) is 0 Å². The fraction of sp³-hybridized carbons (Fsp3) is 0.364. The Morgan fingerprint density at radius 1 is 1.22 bits per heavy atom. The van der Waals surface area contributed by atoms with Crippen molar-refractivity contribution in [3.63, 3.8) is 0 Å². The topological polar surface area (TPSA) is 110 Å². The maximum Gasteiger partial charge on any atom is 0.264 e. The number of aromatic nitrogens is 3. The van der Waals surface area contributed by atoms with Crippen molar-refractivity contribution in [3.8, 4) is 5.75 Å². The highest BCUT2D eigenvalue weighted by Crippen LogP contribution is 2.42. The lowest BCUT2D eigenvalue weighted by Gasteiger charge is -2.31. The van der Waals surface area contributed by atoms with E-state index in [1.807, 2.05) is 12.1 Å². The molecule has 1 saturated heterocycles. The molecule has 2 aromatic heterocycles. The van der Waals surface area contributed by atoms with Gasteiger partial charge in [-0.05, 0) is 19.1 Å². The summed E-state index contributed by atoms with van der Waals surface area (Å²) in [5.41, 5.74) is 2.21. The lowest BCUT2D eigenvalue weighted by molar-refractivity contribution is -0.133. The van der Waals surface area contributed by atoms with Crippen LogP contribution in [0.25, 0.3) is 5.65 Å². The molecule has 3 aromatic rings. The van der Waals surface area contributed by atoms with Gasteiger partial charge in [0.1, 0.15) is 11.3 Å². The van der Waals surface area contributed by atoms with E-state index >= 15 is 0 Å². The molecule has 10 heteroatoms. The van der Waals surface area contributed by atoms with Crippen molar-refractivity contribution in [3.05, 3.63) is 47.9 Å². The van der Waals surface area contributed by atoms with Crippen LogP contribution in [0.5, 0.6) is 5.75 Å². The summed E-state index contributed by atoms with van der Waals surface area (Å²) in [5, 5.41) is 9.90. The number of carbonyl (C=O) groups is 2. The first-order chi connectivity index (χ1) is 15.5. The monoisotopic (exact) mass is 436 g/mol. The van der Waals surface area contributed by atoms with Crippen LogP contribution in [0.1, 0.15) is 22.8 Å². The Hall–Kier alpha value is -3.66. The third-order valence-electron chi connectivity index (χ3n) is 5.87. The molecule has 5 rings (SSSR count). The summed E-state index contributed by atoms with van der Waals surface area (Å²) in [6.07, 6.45) is 5.28. The second-order valence-corrected chi connectivity index (χ2v) is 8.07. The van der Waals surface area contributed by atoms with Crippen molar-refractivity contribution in [2.24, 2.45) is 0 Å². The first kappa shape index (κ1) is 20.3. The molecular formula is C22H24N6O4. The number of anilines is 2. The van der Waals surface area contributed by atoms with Gasteiger partial charge in [-0.25, -0.2) is 9.50 Å². The van der Waals surface area contributed by atoms with Crippen molar-refractivity contribution in [2.45, 2.75) is 18.9 Å². The van der Waals surface area contributed by atoms with Gasteiger partial charge in [-0.1, -0.05) is 0 Å². The van der Waals surface area contributed by atoms with Gasteiger partial charge >= 0.3 is 0 Å². The molecule has 32 heavy (non-hydrogen) atoms. The Morgan fingerprint density at radius 3 is 2.81 bits per heavy atom. The van der Waals surface area contributed by atoms with Gasteiger partial charge in [-0.2, -0.15) is 5.10 Å². The minimum absolute atomic E-state index is 0.190. The molecule has 0 spiro atoms. The van der Waals surface area contributed by atoms with E-state index in [1.54, 1.807) is 36.9 Å². The summed E-state index contributed by atoms with van der Waals surface area (Å²) in [5.74, 6) is 0.152. The van der Waals surface area contributed by atoms with Gasteiger partial charge in [0, 0.05) is 50.6 Å². The lowest BCUT2D eigenvalue weighted by Crippen LogP contribution is -2.46. The average Bonchev–Trinajstić information content (AvgIpc) is 3.39. The van der Waals surface area contributed by atoms with Crippen LogP contribution in [0.4, 0.5) is 11.4 Å². The highest BCUT2D eigenvalue weighted by atomic mass is 16.5. The third-order valence-corrected chi connectivity index (χ3v) is 5.87. The van der Waals surface area contributed by atoms with E-state index in [4.69, 9.17) is 9.47 Å². The number of rotatable bonds is 4. The molecule has 2 aliphatic rings. The molecule has 0 bridgehead atoms. The van der Waals surface area contributed by atoms with E-state index in [0.717, 1.165) is 11.3 Å². The number of hydrogen-bond donors (Lipinski definition) is 2. The normalized spacial score (nSPS) is 20.0. The molecule has 4 heterocycles. The molecule has 1 aromatic carbocycles. The van der Waals surface area contributed by atoms with E-state index in [2.05, 4.69) is 25.6 Å². The number of benzene rings is 1. The molecule has 1 atom stereocenters. The highest BCUT2D eigenvalue weighted by molar-refractivity contribution is 6.09. The van der Waals surface area contributed by atoms with Gasteiger partial charge in [0.25, 0.3) is 11.8 Å². The van der Waals surface area contributed by atoms with Crippen LogP contribution in [0.3, 0.4) is 0 Å². The Bertz CT molecular complexity index is 1200. The van der Waals surface area contributed by atoms with Gasteiger partial charge < -0.3 is 25.0 Å². The first-order valence-corrected chi connectivity index (χ1v) is 10.5. The van der Waals surface area contributed by atoms with Gasteiger partial charge in [0.2, 0.25) is 0 Å². The SMILES string of the molecule is CNC(=O)[C@@]1(C)Cc2cc(NC(=O)c3cnn4cccnc34)c(N3CCOCC3)cc2O1. The van der Waals surface area contributed by atoms with Crippen LogP contribution in [-0.2, 0) is 16.0 Å². The summed E-state index contributed by atoms with van der Waals surface area (Å²) < 4.78 is 13.1. The zero-order valence-corrected chi connectivity index (χ0v) is 17.9. The summed E-state index contributed by atoms with van der Waals surface area (Å²) in [4.78, 5) is 32.0. The minimum atomic E-state index is -0.992. The highest BCUT2D eigenvalue weighted by Gasteiger charge is 2.42. The number of morpholine rings is 1. The number of carbonyl (C=O) groups excluding carboxylic acids is 2. The smallest absolute Gasteiger partial charge is 0.264 e. The number of hydrogen-bond acceptors (Lipinski definition) is 7. The Kier molecular flexibility index (Phi) is 4.93. The number of nitrogens with one attached hydrogen (secondary N) is 2. The fourth-order valence-corrected chi connectivity index (χ4v) is 4.22. The lowest BCUT2D eigenvalue weighted by atomic mass is 9.97. The van der Waals surface area contributed by atoms with Gasteiger partial charge in [-0.3, -0.25) is 9.59 Å². The second-order valence-electron chi connectivity index (χ2n) is 8.07. The van der Waals surface area contributed by atoms with Crippen LogP contribution in [-0.4, -0.2) is 65.4 Å². The number of amides is 2. The zero-order valence-electron chi connectivity index (χ0n) is 17.9. The number of fused-ring (bicyclic) bond motifs is 2. The molecule has 10 nitrogen and oxygen atoms in total. The van der Waals surface area contributed by atoms with Crippen LogP contribution in [0, 0.1) is 0 Å². The molecule has 0 unspecified atom stereocenters. The maximum atomic E-state index is 13.2. The van der Waals surface area contributed by atoms with Crippen LogP contribution in [0.15, 0.2) is 36.8 Å². The summed E-state index contributed by atoms with van der Waals surface area (Å²) in [6.45, 7) is 4.33. The molecular weight excluding hydrogens is 412 g/mol. The number of ether oxygens (including phenoxy) is 2. The van der Waals surface area contributed by atoms with E-state index < -0.39 is 5.60 Å². The zero-order chi connectivity index (χ0) is 22.3. The average molecular weight is 436 g/mol. The summed E-state index contributed by atoms with van der Waals surface area (Å²) in [7, 11) is 1.59. The molecule has 1 fully saturated rings. The molecule has 2 amide bonds. The number of likely N-dealkylation sites (N-methyl/N-ethyl adjacent to an activating group) is 1. The predicted octanol–water partition coefficient (Wildman–Crippen LogP) is 1.26. The molecule has 0 aliphatic carbocycles. The van der Waals surface area contributed by atoms with Crippen molar-refractivity contribution in [1.82, 2.24) is 19.9 Å². The summed E-state index contributed by atoms with van der Waals surface area (Å²) in [6, 6.07) is 5.55.